The van der Waals surface area contributed by atoms with Gasteiger partial charge in [0.25, 0.3) is 0 Å². The van der Waals surface area contributed by atoms with Crippen molar-refractivity contribution in [1.82, 2.24) is 0 Å². The Bertz CT molecular complexity index is 575. The zero-order valence-electron chi connectivity index (χ0n) is 9.76. The monoisotopic (exact) mass is 243 g/mol. The van der Waals surface area contributed by atoms with Crippen LogP contribution in [0.4, 0.5) is 5.69 Å². The quantitative estimate of drug-likeness (QED) is 0.788. The number of hydrogen-bond donors (Lipinski definition) is 1. The number of benzene rings is 2. The molecule has 3 rings (SSSR count). The lowest BCUT2D eigenvalue weighted by Gasteiger charge is -2.11. The van der Waals surface area contributed by atoms with Crippen LogP contribution in [0.3, 0.4) is 0 Å². The van der Waals surface area contributed by atoms with Gasteiger partial charge in [-0.1, -0.05) is 35.9 Å². The van der Waals surface area contributed by atoms with Crippen molar-refractivity contribution in [1.29, 1.82) is 0 Å². The molecule has 0 atom stereocenters. The van der Waals surface area contributed by atoms with E-state index in [0.717, 1.165) is 23.6 Å². The smallest absolute Gasteiger partial charge is 0.0441 e. The van der Waals surface area contributed by atoms with Crippen LogP contribution >= 0.6 is 11.6 Å². The van der Waals surface area contributed by atoms with Gasteiger partial charge in [-0.25, -0.2) is 0 Å². The summed E-state index contributed by atoms with van der Waals surface area (Å²) in [5.41, 5.74) is 6.40. The first-order valence-electron chi connectivity index (χ1n) is 5.88. The maximum Gasteiger partial charge on any atom is 0.0441 e. The van der Waals surface area contributed by atoms with Gasteiger partial charge in [0.1, 0.15) is 0 Å². The zero-order chi connectivity index (χ0) is 11.8. The van der Waals surface area contributed by atoms with Crippen LogP contribution in [0, 0.1) is 6.92 Å². The second-order valence-corrected chi connectivity index (χ2v) is 4.83. The molecule has 0 bridgehead atoms. The van der Waals surface area contributed by atoms with Crippen molar-refractivity contribution in [2.75, 3.05) is 11.9 Å². The van der Waals surface area contributed by atoms with Crippen molar-refractivity contribution >= 4 is 17.3 Å². The Morgan fingerprint density at radius 2 is 1.82 bits per heavy atom. The van der Waals surface area contributed by atoms with Crippen molar-refractivity contribution in [2.45, 2.75) is 13.3 Å². The third-order valence-corrected chi connectivity index (χ3v) is 3.83. The van der Waals surface area contributed by atoms with Gasteiger partial charge in [0.15, 0.2) is 0 Å². The molecular formula is C15H14ClN. The van der Waals surface area contributed by atoms with Crippen LogP contribution in [0.15, 0.2) is 36.4 Å². The van der Waals surface area contributed by atoms with E-state index < -0.39 is 0 Å². The van der Waals surface area contributed by atoms with E-state index in [4.69, 9.17) is 11.6 Å². The fourth-order valence-corrected chi connectivity index (χ4v) is 2.67. The Balaban J connectivity index is 2.23. The molecule has 1 aliphatic heterocycles. The van der Waals surface area contributed by atoms with Crippen LogP contribution in [-0.4, -0.2) is 6.54 Å². The predicted molar refractivity (Wildman–Crippen MR) is 73.8 cm³/mol. The van der Waals surface area contributed by atoms with Crippen LogP contribution in [-0.2, 0) is 6.42 Å². The van der Waals surface area contributed by atoms with Gasteiger partial charge in [0, 0.05) is 17.3 Å². The highest BCUT2D eigenvalue weighted by Crippen LogP contribution is 2.36. The molecule has 0 amide bonds. The Morgan fingerprint density at radius 1 is 1.06 bits per heavy atom. The molecule has 2 aromatic rings. The summed E-state index contributed by atoms with van der Waals surface area (Å²) in [5, 5.41) is 4.25. The van der Waals surface area contributed by atoms with E-state index in [1.54, 1.807) is 0 Å². The molecule has 0 unspecified atom stereocenters. The number of rotatable bonds is 1. The first-order valence-corrected chi connectivity index (χ1v) is 6.26. The SMILES string of the molecule is Cc1c(Cl)cccc1-c1cccc2c1CCN2. The van der Waals surface area contributed by atoms with E-state index in [2.05, 4.69) is 36.5 Å². The molecule has 1 nitrogen and oxygen atoms in total. The Hall–Kier alpha value is -1.47. The van der Waals surface area contributed by atoms with Gasteiger partial charge in [0.2, 0.25) is 0 Å². The third-order valence-electron chi connectivity index (χ3n) is 3.42. The van der Waals surface area contributed by atoms with Gasteiger partial charge in [-0.05, 0) is 47.7 Å². The molecule has 1 N–H and O–H groups in total. The summed E-state index contributed by atoms with van der Waals surface area (Å²) < 4.78 is 0. The molecule has 0 saturated carbocycles. The van der Waals surface area contributed by atoms with Crippen molar-refractivity contribution in [3.8, 4) is 11.1 Å². The van der Waals surface area contributed by atoms with E-state index in [1.807, 2.05) is 12.1 Å². The molecule has 0 spiro atoms. The standard InChI is InChI=1S/C15H14ClN/c1-10-11(4-2-6-14(10)16)12-5-3-7-15-13(12)8-9-17-15/h2-7,17H,8-9H2,1H3. The first kappa shape index (κ1) is 10.7. The fraction of sp³-hybridized carbons (Fsp3) is 0.200. The van der Waals surface area contributed by atoms with Gasteiger partial charge < -0.3 is 5.32 Å². The summed E-state index contributed by atoms with van der Waals surface area (Å²) in [6.07, 6.45) is 1.09. The summed E-state index contributed by atoms with van der Waals surface area (Å²) in [7, 11) is 0. The lowest BCUT2D eigenvalue weighted by atomic mass is 9.95. The summed E-state index contributed by atoms with van der Waals surface area (Å²) in [5.74, 6) is 0. The number of hydrogen-bond acceptors (Lipinski definition) is 1. The van der Waals surface area contributed by atoms with Crippen molar-refractivity contribution in [3.05, 3.63) is 52.5 Å². The normalized spacial score (nSPS) is 13.3. The highest BCUT2D eigenvalue weighted by Gasteiger charge is 2.16. The van der Waals surface area contributed by atoms with Crippen molar-refractivity contribution in [2.24, 2.45) is 0 Å². The molecule has 2 heteroatoms. The molecule has 17 heavy (non-hydrogen) atoms. The van der Waals surface area contributed by atoms with E-state index in [0.29, 0.717) is 0 Å². The van der Waals surface area contributed by atoms with Crippen molar-refractivity contribution < 1.29 is 0 Å². The van der Waals surface area contributed by atoms with Crippen LogP contribution in [0.25, 0.3) is 11.1 Å². The predicted octanol–water partition coefficient (Wildman–Crippen LogP) is 4.28. The van der Waals surface area contributed by atoms with Crippen LogP contribution in [0.5, 0.6) is 0 Å². The third kappa shape index (κ3) is 1.71. The van der Waals surface area contributed by atoms with Crippen LogP contribution in [0.2, 0.25) is 5.02 Å². The van der Waals surface area contributed by atoms with Crippen molar-refractivity contribution in [3.63, 3.8) is 0 Å². The Labute approximate surface area is 106 Å². The molecule has 0 aromatic heterocycles. The lowest BCUT2D eigenvalue weighted by molar-refractivity contribution is 1.11. The second kappa shape index (κ2) is 4.08. The summed E-state index contributed by atoms with van der Waals surface area (Å²) in [4.78, 5) is 0. The molecule has 0 saturated heterocycles. The van der Waals surface area contributed by atoms with Gasteiger partial charge in [-0.15, -0.1) is 0 Å². The molecule has 0 radical (unpaired) electrons. The van der Waals surface area contributed by atoms with Gasteiger partial charge in [-0.3, -0.25) is 0 Å². The van der Waals surface area contributed by atoms with Gasteiger partial charge >= 0.3 is 0 Å². The maximum absolute atomic E-state index is 6.20. The highest BCUT2D eigenvalue weighted by atomic mass is 35.5. The number of fused-ring (bicyclic) bond motifs is 1. The van der Waals surface area contributed by atoms with Gasteiger partial charge in [0.05, 0.1) is 0 Å². The summed E-state index contributed by atoms with van der Waals surface area (Å²) in [6.45, 7) is 3.12. The molecular weight excluding hydrogens is 230 g/mol. The second-order valence-electron chi connectivity index (χ2n) is 4.42. The number of halogens is 1. The largest absolute Gasteiger partial charge is 0.384 e. The highest BCUT2D eigenvalue weighted by molar-refractivity contribution is 6.31. The molecule has 0 fully saturated rings. The zero-order valence-corrected chi connectivity index (χ0v) is 10.5. The van der Waals surface area contributed by atoms with E-state index in [-0.39, 0.29) is 0 Å². The molecule has 2 aromatic carbocycles. The van der Waals surface area contributed by atoms with E-state index in [1.165, 1.54) is 22.4 Å². The van der Waals surface area contributed by atoms with Gasteiger partial charge in [-0.2, -0.15) is 0 Å². The maximum atomic E-state index is 6.20. The molecule has 0 aliphatic carbocycles. The first-order chi connectivity index (χ1) is 8.27. The van der Waals surface area contributed by atoms with Crippen LogP contribution < -0.4 is 5.32 Å². The summed E-state index contributed by atoms with van der Waals surface area (Å²) >= 11 is 6.20. The summed E-state index contributed by atoms with van der Waals surface area (Å²) in [6, 6.07) is 12.5. The minimum atomic E-state index is 0.839. The number of anilines is 1. The Morgan fingerprint density at radius 3 is 2.71 bits per heavy atom. The topological polar surface area (TPSA) is 12.0 Å². The fourth-order valence-electron chi connectivity index (χ4n) is 2.50. The molecule has 1 heterocycles. The lowest BCUT2D eigenvalue weighted by Crippen LogP contribution is -1.90. The van der Waals surface area contributed by atoms with E-state index >= 15 is 0 Å². The average Bonchev–Trinajstić information content (AvgIpc) is 2.81. The Kier molecular flexibility index (Phi) is 2.56. The number of nitrogens with one attached hydrogen (secondary N) is 1. The minimum absolute atomic E-state index is 0.839. The van der Waals surface area contributed by atoms with Crippen LogP contribution in [0.1, 0.15) is 11.1 Å². The molecule has 1 aliphatic rings. The van der Waals surface area contributed by atoms with E-state index in [9.17, 15) is 0 Å². The minimum Gasteiger partial charge on any atom is -0.384 e. The average molecular weight is 244 g/mol. The molecule has 86 valence electrons.